The van der Waals surface area contributed by atoms with E-state index in [9.17, 15) is 23.7 Å². The van der Waals surface area contributed by atoms with Crippen LogP contribution in [0.3, 0.4) is 0 Å². The van der Waals surface area contributed by atoms with Crippen LogP contribution in [0, 0.1) is 0 Å². The Kier molecular flexibility index (Phi) is 10.4. The highest BCUT2D eigenvalue weighted by atomic mass is 32.2. The summed E-state index contributed by atoms with van der Waals surface area (Å²) >= 11 is 0. The predicted molar refractivity (Wildman–Crippen MR) is 168 cm³/mol. The first-order valence-corrected chi connectivity index (χ1v) is 16.2. The lowest BCUT2D eigenvalue weighted by molar-refractivity contribution is 0.0789. The largest absolute Gasteiger partial charge is 0.393 e. The van der Waals surface area contributed by atoms with Crippen molar-refractivity contribution in [2.75, 3.05) is 0 Å². The molecule has 0 aliphatic carbocycles. The lowest BCUT2D eigenvalue weighted by Gasteiger charge is -2.42. The van der Waals surface area contributed by atoms with Gasteiger partial charge in [0, 0.05) is 25.2 Å². The molecular formula is C35H40N2O5S. The molecule has 3 N–H and O–H groups in total. The van der Waals surface area contributed by atoms with E-state index in [-0.39, 0.29) is 26.3 Å². The molecule has 43 heavy (non-hydrogen) atoms. The monoisotopic (exact) mass is 600 g/mol. The first kappa shape index (κ1) is 31.1. The van der Waals surface area contributed by atoms with E-state index < -0.39 is 28.4 Å². The van der Waals surface area contributed by atoms with Gasteiger partial charge in [-0.05, 0) is 59.1 Å². The number of hydrogen-bond donors (Lipinski definition) is 3. The van der Waals surface area contributed by atoms with Crippen molar-refractivity contribution in [3.8, 4) is 0 Å². The highest BCUT2D eigenvalue weighted by Crippen LogP contribution is 2.32. The molecule has 0 unspecified atom stereocenters. The van der Waals surface area contributed by atoms with Gasteiger partial charge in [0.1, 0.15) is 0 Å². The Labute approximate surface area is 254 Å². The Hall–Kier alpha value is -3.37. The lowest BCUT2D eigenvalue weighted by Crippen LogP contribution is -2.55. The topological polar surface area (TPSA) is 101 Å². The fourth-order valence-corrected chi connectivity index (χ4v) is 7.86. The second-order valence-electron chi connectivity index (χ2n) is 11.4. The van der Waals surface area contributed by atoms with Crippen LogP contribution in [0.2, 0.25) is 0 Å². The second kappa shape index (κ2) is 14.4. The standard InChI is InChI=1S/C35H40N2O5S/c38-25-31-15-11-29(12-16-31)23-36-33(19-27-7-3-1-4-8-27)21-35(40)22-34(20-28-9-5-2-6-10-28)37(43(36,41)42)24-30-13-17-32(26-39)18-14-30/h1-18,33-35,38-40H,19-26H2/t33-,34-/m1/s1. The summed E-state index contributed by atoms with van der Waals surface area (Å²) in [6.07, 6.45) is 0.847. The van der Waals surface area contributed by atoms with Gasteiger partial charge in [0.05, 0.1) is 19.3 Å². The van der Waals surface area contributed by atoms with Gasteiger partial charge in [-0.1, -0.05) is 109 Å². The highest BCUT2D eigenvalue weighted by Gasteiger charge is 2.42. The first-order valence-electron chi connectivity index (χ1n) is 14.8. The van der Waals surface area contributed by atoms with Gasteiger partial charge in [0.25, 0.3) is 10.2 Å². The smallest absolute Gasteiger partial charge is 0.283 e. The molecule has 5 rings (SSSR count). The van der Waals surface area contributed by atoms with E-state index in [1.165, 1.54) is 0 Å². The van der Waals surface area contributed by atoms with E-state index in [2.05, 4.69) is 0 Å². The second-order valence-corrected chi connectivity index (χ2v) is 13.2. The molecule has 0 saturated carbocycles. The molecule has 1 heterocycles. The van der Waals surface area contributed by atoms with Crippen LogP contribution in [0.15, 0.2) is 109 Å². The van der Waals surface area contributed by atoms with E-state index in [1.54, 1.807) is 8.61 Å². The maximum atomic E-state index is 14.9. The fourth-order valence-electron chi connectivity index (χ4n) is 5.89. The van der Waals surface area contributed by atoms with Crippen molar-refractivity contribution < 1.29 is 23.7 Å². The normalized spacial score (nSPS) is 21.2. The van der Waals surface area contributed by atoms with Crippen LogP contribution in [0.1, 0.15) is 46.2 Å². The molecule has 1 fully saturated rings. The lowest BCUT2D eigenvalue weighted by atomic mass is 9.94. The zero-order valence-corrected chi connectivity index (χ0v) is 25.1. The number of aliphatic hydroxyl groups excluding tert-OH is 3. The molecule has 1 saturated heterocycles. The molecule has 1 aliphatic rings. The average molecular weight is 601 g/mol. The fraction of sp³-hybridized carbons (Fsp3) is 0.314. The summed E-state index contributed by atoms with van der Waals surface area (Å²) in [4.78, 5) is 0. The maximum absolute atomic E-state index is 14.9. The number of benzene rings is 4. The van der Waals surface area contributed by atoms with Crippen molar-refractivity contribution in [3.05, 3.63) is 143 Å². The molecule has 0 spiro atoms. The third-order valence-electron chi connectivity index (χ3n) is 8.21. The molecule has 8 heteroatoms. The Bertz CT molecular complexity index is 1420. The van der Waals surface area contributed by atoms with E-state index in [0.717, 1.165) is 33.4 Å². The van der Waals surface area contributed by atoms with Gasteiger partial charge in [-0.3, -0.25) is 0 Å². The van der Waals surface area contributed by atoms with Crippen LogP contribution in [-0.2, 0) is 49.4 Å². The molecule has 226 valence electrons. The number of rotatable bonds is 10. The summed E-state index contributed by atoms with van der Waals surface area (Å²) in [5.74, 6) is 0. The third kappa shape index (κ3) is 7.97. The predicted octanol–water partition coefficient (Wildman–Crippen LogP) is 4.60. The van der Waals surface area contributed by atoms with Crippen LogP contribution in [0.5, 0.6) is 0 Å². The van der Waals surface area contributed by atoms with Gasteiger partial charge >= 0.3 is 0 Å². The van der Waals surface area contributed by atoms with Crippen molar-refractivity contribution in [1.82, 2.24) is 8.61 Å². The quantitative estimate of drug-likeness (QED) is 0.247. The molecule has 0 radical (unpaired) electrons. The minimum absolute atomic E-state index is 0.0882. The summed E-state index contributed by atoms with van der Waals surface area (Å²) in [6.45, 7) is 0.0941. The van der Waals surface area contributed by atoms with Crippen LogP contribution >= 0.6 is 0 Å². The first-order chi connectivity index (χ1) is 20.9. The van der Waals surface area contributed by atoms with Gasteiger partial charge in [-0.2, -0.15) is 17.0 Å². The summed E-state index contributed by atoms with van der Waals surface area (Å²) in [5.41, 5.74) is 5.13. The Balaban J connectivity index is 1.58. The Morgan fingerprint density at radius 1 is 0.535 bits per heavy atom. The Morgan fingerprint density at radius 3 is 1.23 bits per heavy atom. The van der Waals surface area contributed by atoms with E-state index in [1.807, 2.05) is 109 Å². The van der Waals surface area contributed by atoms with Gasteiger partial charge in [0.15, 0.2) is 0 Å². The maximum Gasteiger partial charge on any atom is 0.283 e. The van der Waals surface area contributed by atoms with E-state index in [0.29, 0.717) is 25.7 Å². The molecule has 0 aromatic heterocycles. The van der Waals surface area contributed by atoms with Crippen molar-refractivity contribution in [1.29, 1.82) is 0 Å². The van der Waals surface area contributed by atoms with Crippen LogP contribution in [-0.4, -0.2) is 50.5 Å². The van der Waals surface area contributed by atoms with Crippen LogP contribution < -0.4 is 0 Å². The molecular weight excluding hydrogens is 560 g/mol. The summed E-state index contributed by atoms with van der Waals surface area (Å²) < 4.78 is 33.0. The zero-order chi connectivity index (χ0) is 30.2. The summed E-state index contributed by atoms with van der Waals surface area (Å²) in [6, 6.07) is 33.3. The van der Waals surface area contributed by atoms with Gasteiger partial charge in [0.2, 0.25) is 0 Å². The molecule has 0 bridgehead atoms. The molecule has 0 amide bonds. The van der Waals surface area contributed by atoms with Crippen molar-refractivity contribution in [2.45, 2.75) is 70.2 Å². The van der Waals surface area contributed by atoms with Crippen LogP contribution in [0.4, 0.5) is 0 Å². The number of hydrogen-bond acceptors (Lipinski definition) is 5. The van der Waals surface area contributed by atoms with E-state index >= 15 is 0 Å². The van der Waals surface area contributed by atoms with Gasteiger partial charge in [-0.15, -0.1) is 0 Å². The van der Waals surface area contributed by atoms with Gasteiger partial charge < -0.3 is 15.3 Å². The van der Waals surface area contributed by atoms with E-state index in [4.69, 9.17) is 0 Å². The number of aliphatic hydroxyl groups is 3. The minimum atomic E-state index is -4.06. The number of nitrogens with zero attached hydrogens (tertiary/aromatic N) is 2. The molecule has 4 aromatic carbocycles. The van der Waals surface area contributed by atoms with Gasteiger partial charge in [-0.25, -0.2) is 0 Å². The molecule has 4 aromatic rings. The summed E-state index contributed by atoms with van der Waals surface area (Å²) in [5, 5.41) is 30.6. The van der Waals surface area contributed by atoms with Crippen molar-refractivity contribution >= 4 is 10.2 Å². The molecule has 1 aliphatic heterocycles. The zero-order valence-electron chi connectivity index (χ0n) is 24.2. The highest BCUT2D eigenvalue weighted by molar-refractivity contribution is 7.86. The molecule has 7 nitrogen and oxygen atoms in total. The third-order valence-corrected chi connectivity index (χ3v) is 10.3. The Morgan fingerprint density at radius 2 is 0.884 bits per heavy atom. The minimum Gasteiger partial charge on any atom is -0.393 e. The summed E-state index contributed by atoms with van der Waals surface area (Å²) in [7, 11) is -4.06. The SMILES string of the molecule is O=S1(=O)N(Cc2ccc(CO)cc2)[C@H](Cc2ccccc2)CC(O)C[C@@H](Cc2ccccc2)N1Cc1ccc(CO)cc1. The van der Waals surface area contributed by atoms with Crippen molar-refractivity contribution in [2.24, 2.45) is 0 Å². The average Bonchev–Trinajstić information content (AvgIpc) is 3.03. The van der Waals surface area contributed by atoms with Crippen LogP contribution in [0.25, 0.3) is 0 Å². The molecule has 2 atom stereocenters. The van der Waals surface area contributed by atoms with Crippen molar-refractivity contribution in [3.63, 3.8) is 0 Å².